The molecule has 5 rings (SSSR count). The van der Waals surface area contributed by atoms with Gasteiger partial charge in [-0.1, -0.05) is 24.3 Å². The molecule has 1 aliphatic rings. The minimum Gasteiger partial charge on any atom is -0.493 e. The van der Waals surface area contributed by atoms with Crippen molar-refractivity contribution < 1.29 is 14.3 Å². The summed E-state index contributed by atoms with van der Waals surface area (Å²) in [6.45, 7) is 1.92. The molecule has 3 heterocycles. The van der Waals surface area contributed by atoms with Crippen molar-refractivity contribution >= 4 is 16.8 Å². The fourth-order valence-electron chi connectivity index (χ4n) is 4.67. The smallest absolute Gasteiger partial charge is 0.253 e. The molecule has 0 spiro atoms. The number of benzene rings is 2. The minimum atomic E-state index is 0.0451. The lowest BCUT2D eigenvalue weighted by molar-refractivity contribution is 0.0752. The van der Waals surface area contributed by atoms with Gasteiger partial charge in [-0.2, -0.15) is 0 Å². The van der Waals surface area contributed by atoms with Gasteiger partial charge in [-0.15, -0.1) is 0 Å². The SMILES string of the molecule is COc1ccc2cc1OCCCCN(C(=O)c1ccncc1)CCc1c([nH]c3ccccc13)C2. The fraction of sp³-hybridized carbons (Fsp3) is 0.286. The second-order valence-electron chi connectivity index (χ2n) is 8.62. The van der Waals surface area contributed by atoms with Gasteiger partial charge in [0.1, 0.15) is 0 Å². The molecule has 0 aliphatic carbocycles. The monoisotopic (exact) mass is 455 g/mol. The zero-order valence-corrected chi connectivity index (χ0v) is 19.4. The first kappa shape index (κ1) is 22.0. The van der Waals surface area contributed by atoms with Crippen LogP contribution in [0.4, 0.5) is 0 Å². The number of hydrogen-bond acceptors (Lipinski definition) is 4. The third kappa shape index (κ3) is 4.62. The van der Waals surface area contributed by atoms with Crippen molar-refractivity contribution in [2.24, 2.45) is 0 Å². The Morgan fingerprint density at radius 2 is 1.91 bits per heavy atom. The first-order valence-corrected chi connectivity index (χ1v) is 11.8. The third-order valence-electron chi connectivity index (χ3n) is 6.44. The van der Waals surface area contributed by atoms with Gasteiger partial charge in [0.25, 0.3) is 5.91 Å². The molecule has 6 heteroatoms. The van der Waals surface area contributed by atoms with Gasteiger partial charge in [0.2, 0.25) is 0 Å². The molecule has 2 aromatic carbocycles. The Bertz CT molecular complexity index is 1280. The van der Waals surface area contributed by atoms with Crippen LogP contribution in [0.2, 0.25) is 0 Å². The number of rotatable bonds is 2. The summed E-state index contributed by atoms with van der Waals surface area (Å²) in [4.78, 5) is 23.0. The van der Waals surface area contributed by atoms with Crippen LogP contribution in [-0.4, -0.2) is 47.6 Å². The van der Waals surface area contributed by atoms with Crippen molar-refractivity contribution in [3.63, 3.8) is 0 Å². The van der Waals surface area contributed by atoms with Crippen LogP contribution < -0.4 is 9.47 Å². The molecule has 0 atom stereocenters. The Balaban J connectivity index is 1.51. The van der Waals surface area contributed by atoms with E-state index in [4.69, 9.17) is 9.47 Å². The van der Waals surface area contributed by atoms with Crippen molar-refractivity contribution in [1.29, 1.82) is 0 Å². The lowest BCUT2D eigenvalue weighted by Gasteiger charge is -2.23. The molecule has 174 valence electrons. The van der Waals surface area contributed by atoms with Crippen LogP contribution in [0.5, 0.6) is 11.5 Å². The number of H-pyrrole nitrogens is 1. The third-order valence-corrected chi connectivity index (χ3v) is 6.44. The van der Waals surface area contributed by atoms with Crippen LogP contribution in [-0.2, 0) is 12.8 Å². The Kier molecular flexibility index (Phi) is 6.47. The largest absolute Gasteiger partial charge is 0.493 e. The van der Waals surface area contributed by atoms with E-state index in [1.165, 1.54) is 16.6 Å². The molecule has 1 aliphatic heterocycles. The quantitative estimate of drug-likeness (QED) is 0.461. The Labute approximate surface area is 199 Å². The van der Waals surface area contributed by atoms with Crippen LogP contribution in [0.25, 0.3) is 10.9 Å². The average molecular weight is 456 g/mol. The molecule has 0 saturated heterocycles. The summed E-state index contributed by atoms with van der Waals surface area (Å²) in [5.41, 5.74) is 5.38. The second kappa shape index (κ2) is 10.00. The van der Waals surface area contributed by atoms with Crippen molar-refractivity contribution in [2.75, 3.05) is 26.8 Å². The van der Waals surface area contributed by atoms with Crippen molar-refractivity contribution in [2.45, 2.75) is 25.7 Å². The van der Waals surface area contributed by atoms with Gasteiger partial charge in [-0.3, -0.25) is 9.78 Å². The standard InChI is InChI=1S/C28H29N3O3/c1-33-26-9-8-20-18-25-23(22-6-2-3-7-24(22)30-25)12-16-31(15-4-5-17-34-27(26)19-20)28(32)21-10-13-29-14-11-21/h2-3,6-11,13-14,19,30H,4-5,12,15-18H2,1H3. The van der Waals surface area contributed by atoms with Gasteiger partial charge in [0, 0.05) is 54.1 Å². The number of hydrogen-bond donors (Lipinski definition) is 1. The summed E-state index contributed by atoms with van der Waals surface area (Å²) >= 11 is 0. The highest BCUT2D eigenvalue weighted by molar-refractivity contribution is 5.94. The summed E-state index contributed by atoms with van der Waals surface area (Å²) in [5, 5.41) is 1.21. The summed E-state index contributed by atoms with van der Waals surface area (Å²) in [5.74, 6) is 1.55. The number of para-hydroxylation sites is 1. The van der Waals surface area contributed by atoms with Crippen molar-refractivity contribution in [3.05, 3.63) is 89.4 Å². The predicted molar refractivity (Wildman–Crippen MR) is 133 cm³/mol. The molecular formula is C28H29N3O3. The molecule has 0 unspecified atom stereocenters. The zero-order chi connectivity index (χ0) is 23.3. The van der Waals surface area contributed by atoms with E-state index >= 15 is 0 Å². The normalized spacial score (nSPS) is 14.7. The van der Waals surface area contributed by atoms with E-state index in [-0.39, 0.29) is 5.91 Å². The van der Waals surface area contributed by atoms with Crippen molar-refractivity contribution in [1.82, 2.24) is 14.9 Å². The molecule has 4 aromatic rings. The zero-order valence-electron chi connectivity index (χ0n) is 19.4. The highest BCUT2D eigenvalue weighted by Gasteiger charge is 2.19. The lowest BCUT2D eigenvalue weighted by Crippen LogP contribution is -2.34. The number of aromatic nitrogens is 2. The van der Waals surface area contributed by atoms with Gasteiger partial charge < -0.3 is 19.4 Å². The van der Waals surface area contributed by atoms with Crippen LogP contribution in [0.3, 0.4) is 0 Å². The average Bonchev–Trinajstić information content (AvgIpc) is 3.22. The van der Waals surface area contributed by atoms with E-state index in [9.17, 15) is 4.79 Å². The van der Waals surface area contributed by atoms with E-state index in [1.54, 1.807) is 31.6 Å². The maximum absolute atomic E-state index is 13.3. The van der Waals surface area contributed by atoms with Crippen LogP contribution in [0.1, 0.15) is 40.0 Å². The van der Waals surface area contributed by atoms with E-state index in [2.05, 4.69) is 40.3 Å². The molecule has 2 bridgehead atoms. The number of fused-ring (bicyclic) bond motifs is 5. The predicted octanol–water partition coefficient (Wildman–Crippen LogP) is 5.02. The van der Waals surface area contributed by atoms with E-state index in [0.717, 1.165) is 48.3 Å². The number of nitrogens with one attached hydrogen (secondary N) is 1. The lowest BCUT2D eigenvalue weighted by atomic mass is 10.0. The number of carbonyl (C=O) groups is 1. The van der Waals surface area contributed by atoms with Gasteiger partial charge in [0.15, 0.2) is 11.5 Å². The molecule has 34 heavy (non-hydrogen) atoms. The maximum Gasteiger partial charge on any atom is 0.253 e. The maximum atomic E-state index is 13.3. The molecular weight excluding hydrogens is 426 g/mol. The number of pyridine rings is 1. The molecule has 0 radical (unpaired) electrons. The Morgan fingerprint density at radius 3 is 2.76 bits per heavy atom. The number of methoxy groups -OCH3 is 1. The molecule has 1 amide bonds. The van der Waals surface area contributed by atoms with Gasteiger partial charge >= 0.3 is 0 Å². The summed E-state index contributed by atoms with van der Waals surface area (Å²) in [6.07, 6.45) is 6.60. The number of carbonyl (C=O) groups excluding carboxylic acids is 1. The van der Waals surface area contributed by atoms with Gasteiger partial charge in [-0.05, 0) is 60.7 Å². The van der Waals surface area contributed by atoms with E-state index in [0.29, 0.717) is 25.3 Å². The van der Waals surface area contributed by atoms with Crippen LogP contribution in [0, 0.1) is 0 Å². The number of ether oxygens (including phenoxy) is 2. The minimum absolute atomic E-state index is 0.0451. The highest BCUT2D eigenvalue weighted by atomic mass is 16.5. The summed E-state index contributed by atoms with van der Waals surface area (Å²) < 4.78 is 11.6. The van der Waals surface area contributed by atoms with Crippen LogP contribution >= 0.6 is 0 Å². The second-order valence-corrected chi connectivity index (χ2v) is 8.62. The Hall–Kier alpha value is -3.80. The van der Waals surface area contributed by atoms with Gasteiger partial charge in [-0.25, -0.2) is 0 Å². The van der Waals surface area contributed by atoms with Crippen molar-refractivity contribution in [3.8, 4) is 11.5 Å². The fourth-order valence-corrected chi connectivity index (χ4v) is 4.67. The topological polar surface area (TPSA) is 67.5 Å². The molecule has 1 N–H and O–H groups in total. The summed E-state index contributed by atoms with van der Waals surface area (Å²) in [7, 11) is 1.67. The highest BCUT2D eigenvalue weighted by Crippen LogP contribution is 2.31. The van der Waals surface area contributed by atoms with Gasteiger partial charge in [0.05, 0.1) is 13.7 Å². The number of amides is 1. The number of nitrogens with zero attached hydrogens (tertiary/aromatic N) is 2. The van der Waals surface area contributed by atoms with E-state index < -0.39 is 0 Å². The van der Waals surface area contributed by atoms with Crippen LogP contribution in [0.15, 0.2) is 67.0 Å². The molecule has 2 aromatic heterocycles. The number of aromatic amines is 1. The summed E-state index contributed by atoms with van der Waals surface area (Å²) in [6, 6.07) is 18.1. The first-order valence-electron chi connectivity index (χ1n) is 11.8. The molecule has 0 fully saturated rings. The van der Waals surface area contributed by atoms with E-state index in [1.807, 2.05) is 17.0 Å². The first-order chi connectivity index (χ1) is 16.7. The molecule has 6 nitrogen and oxygen atoms in total. The molecule has 0 saturated carbocycles. The Morgan fingerprint density at radius 1 is 1.06 bits per heavy atom.